The van der Waals surface area contributed by atoms with Crippen LogP contribution in [0.25, 0.3) is 38.3 Å². The lowest BCUT2D eigenvalue weighted by Crippen LogP contribution is -2.12. The van der Waals surface area contributed by atoms with Gasteiger partial charge in [-0.25, -0.2) is 0 Å². The molecule has 0 unspecified atom stereocenters. The van der Waals surface area contributed by atoms with Crippen LogP contribution >= 0.6 is 0 Å². The first-order chi connectivity index (χ1) is 19.3. The van der Waals surface area contributed by atoms with Crippen LogP contribution in [0.4, 0.5) is 5.69 Å². The summed E-state index contributed by atoms with van der Waals surface area (Å²) < 4.78 is 4.46. The van der Waals surface area contributed by atoms with Gasteiger partial charge in [-0.15, -0.1) is 0 Å². The molecular weight excluding hydrogens is 476 g/mol. The van der Waals surface area contributed by atoms with Crippen molar-refractivity contribution >= 4 is 50.7 Å². The van der Waals surface area contributed by atoms with Crippen molar-refractivity contribution in [3.05, 3.63) is 145 Å². The van der Waals surface area contributed by atoms with E-state index in [1.54, 1.807) is 0 Å². The molecule has 7 rings (SSSR count). The molecule has 186 valence electrons. The predicted molar refractivity (Wildman–Crippen MR) is 164 cm³/mol. The van der Waals surface area contributed by atoms with Gasteiger partial charge in [0.15, 0.2) is 0 Å². The summed E-state index contributed by atoms with van der Waals surface area (Å²) in [4.78, 5) is 9.82. The minimum absolute atomic E-state index is 0.461. The molecule has 0 N–H and O–H groups in total. The lowest BCUT2D eigenvalue weighted by Gasteiger charge is -2.16. The van der Waals surface area contributed by atoms with Crippen molar-refractivity contribution in [3.63, 3.8) is 0 Å². The zero-order valence-corrected chi connectivity index (χ0v) is 21.4. The molecule has 0 saturated heterocycles. The molecule has 5 aromatic carbocycles. The summed E-state index contributed by atoms with van der Waals surface area (Å²) in [5, 5.41) is 4.79. The number of aromatic nitrogens is 2. The van der Waals surface area contributed by atoms with Gasteiger partial charge in [-0.1, -0.05) is 97.1 Å². The fourth-order valence-electron chi connectivity index (χ4n) is 5.61. The molecule has 2 heterocycles. The minimum atomic E-state index is 0.461. The predicted octanol–water partition coefficient (Wildman–Crippen LogP) is 8.57. The monoisotopic (exact) mass is 502 g/mol. The van der Waals surface area contributed by atoms with Gasteiger partial charge in [-0.3, -0.25) is 9.98 Å². The summed E-state index contributed by atoms with van der Waals surface area (Å²) >= 11 is 0. The Morgan fingerprint density at radius 3 is 1.95 bits per heavy atom. The van der Waals surface area contributed by atoms with E-state index in [0.717, 1.165) is 33.7 Å². The average molecular weight is 503 g/mol. The van der Waals surface area contributed by atoms with Gasteiger partial charge in [0.05, 0.1) is 28.1 Å². The van der Waals surface area contributed by atoms with Crippen LogP contribution in [-0.4, -0.2) is 21.6 Å². The maximum atomic E-state index is 5.40. The van der Waals surface area contributed by atoms with E-state index >= 15 is 0 Å². The molecule has 0 saturated carbocycles. The van der Waals surface area contributed by atoms with Gasteiger partial charge >= 0.3 is 0 Å². The van der Waals surface area contributed by atoms with Gasteiger partial charge in [0.1, 0.15) is 6.67 Å². The van der Waals surface area contributed by atoms with Gasteiger partial charge in [-0.05, 0) is 47.8 Å². The summed E-state index contributed by atoms with van der Waals surface area (Å²) in [6.07, 6.45) is 2.05. The summed E-state index contributed by atoms with van der Waals surface area (Å²) in [6, 6.07) is 44.3. The number of para-hydroxylation sites is 3. The van der Waals surface area contributed by atoms with Gasteiger partial charge in [0.2, 0.25) is 0 Å². The van der Waals surface area contributed by atoms with Gasteiger partial charge in [-0.2, -0.15) is 0 Å². The Hall–Kier alpha value is -5.22. The fraction of sp³-hybridized carbons (Fsp3) is 0.0286. The third-order valence-electron chi connectivity index (χ3n) is 7.39. The first-order valence-electron chi connectivity index (χ1n) is 13.1. The van der Waals surface area contributed by atoms with Crippen LogP contribution in [0, 0.1) is 0 Å². The van der Waals surface area contributed by atoms with Crippen molar-refractivity contribution in [1.82, 2.24) is 9.13 Å². The SMILES string of the molecule is C=Nc1ccn(-c2ccccc2)c1/C(=N\Cn1c2ccccc2c2ccccc21)c1cccc2ccccc12. The smallest absolute Gasteiger partial charge is 0.115 e. The summed E-state index contributed by atoms with van der Waals surface area (Å²) in [5.41, 5.74) is 7.05. The van der Waals surface area contributed by atoms with Gasteiger partial charge in [0, 0.05) is 28.2 Å². The zero-order valence-electron chi connectivity index (χ0n) is 21.4. The van der Waals surface area contributed by atoms with E-state index in [-0.39, 0.29) is 0 Å². The molecule has 39 heavy (non-hydrogen) atoms. The van der Waals surface area contributed by atoms with Crippen LogP contribution in [0.2, 0.25) is 0 Å². The second kappa shape index (κ2) is 9.58. The van der Waals surface area contributed by atoms with Crippen molar-refractivity contribution in [3.8, 4) is 5.69 Å². The highest BCUT2D eigenvalue weighted by molar-refractivity contribution is 6.21. The Labute approximate surface area is 226 Å². The third-order valence-corrected chi connectivity index (χ3v) is 7.39. The maximum absolute atomic E-state index is 5.40. The first kappa shape index (κ1) is 22.9. The molecule has 0 spiro atoms. The number of nitrogens with zero attached hydrogens (tertiary/aromatic N) is 4. The van der Waals surface area contributed by atoms with Crippen molar-refractivity contribution in [1.29, 1.82) is 0 Å². The van der Waals surface area contributed by atoms with Gasteiger partial charge < -0.3 is 9.13 Å². The van der Waals surface area contributed by atoms with E-state index < -0.39 is 0 Å². The number of hydrogen-bond acceptors (Lipinski definition) is 2. The molecule has 0 atom stereocenters. The first-order valence-corrected chi connectivity index (χ1v) is 13.1. The van der Waals surface area contributed by atoms with Crippen molar-refractivity contribution in [2.24, 2.45) is 9.98 Å². The lowest BCUT2D eigenvalue weighted by molar-refractivity contribution is 0.792. The van der Waals surface area contributed by atoms with Crippen LogP contribution < -0.4 is 0 Å². The van der Waals surface area contributed by atoms with Crippen LogP contribution in [0.1, 0.15) is 11.3 Å². The number of aliphatic imine (C=N–C) groups is 2. The van der Waals surface area contributed by atoms with Crippen molar-refractivity contribution in [2.75, 3.05) is 0 Å². The molecule has 0 amide bonds. The summed E-state index contributed by atoms with van der Waals surface area (Å²) in [6.45, 7) is 4.37. The Balaban J connectivity index is 1.51. The highest BCUT2D eigenvalue weighted by Gasteiger charge is 2.20. The van der Waals surface area contributed by atoms with Crippen LogP contribution in [0.15, 0.2) is 144 Å². The second-order valence-corrected chi connectivity index (χ2v) is 9.55. The zero-order chi connectivity index (χ0) is 26.2. The molecule has 0 radical (unpaired) electrons. The van der Waals surface area contributed by atoms with E-state index in [1.807, 2.05) is 24.3 Å². The number of benzene rings is 5. The lowest BCUT2D eigenvalue weighted by atomic mass is 9.98. The maximum Gasteiger partial charge on any atom is 0.115 e. The van der Waals surface area contributed by atoms with E-state index in [1.165, 1.54) is 27.2 Å². The largest absolute Gasteiger partial charge is 0.320 e. The molecule has 0 aliphatic carbocycles. The van der Waals surface area contributed by atoms with Crippen molar-refractivity contribution < 1.29 is 0 Å². The Bertz CT molecular complexity index is 1950. The normalized spacial score (nSPS) is 11.9. The molecule has 7 aromatic rings. The second-order valence-electron chi connectivity index (χ2n) is 9.55. The molecule has 4 heteroatoms. The van der Waals surface area contributed by atoms with E-state index in [2.05, 4.69) is 130 Å². The summed E-state index contributed by atoms with van der Waals surface area (Å²) in [7, 11) is 0. The van der Waals surface area contributed by atoms with E-state index in [9.17, 15) is 0 Å². The quantitative estimate of drug-likeness (QED) is 0.204. The third kappa shape index (κ3) is 3.85. The molecule has 0 aliphatic heterocycles. The molecular formula is C35H26N4. The highest BCUT2D eigenvalue weighted by Crippen LogP contribution is 2.32. The Morgan fingerprint density at radius 2 is 1.23 bits per heavy atom. The van der Waals surface area contributed by atoms with E-state index in [4.69, 9.17) is 4.99 Å². The van der Waals surface area contributed by atoms with Gasteiger partial charge in [0.25, 0.3) is 0 Å². The van der Waals surface area contributed by atoms with Crippen LogP contribution in [0.3, 0.4) is 0 Å². The molecule has 0 bridgehead atoms. The number of hydrogen-bond donors (Lipinski definition) is 0. The Kier molecular flexibility index (Phi) is 5.64. The fourth-order valence-corrected chi connectivity index (χ4v) is 5.61. The molecule has 0 aliphatic rings. The van der Waals surface area contributed by atoms with E-state index in [0.29, 0.717) is 6.67 Å². The molecule has 2 aromatic heterocycles. The van der Waals surface area contributed by atoms with Crippen LogP contribution in [-0.2, 0) is 6.67 Å². The Morgan fingerprint density at radius 1 is 0.615 bits per heavy atom. The minimum Gasteiger partial charge on any atom is -0.320 e. The standard InChI is InChI=1S/C35H26N4/c1-36-31-22-23-38(26-14-3-2-4-15-26)35(31)34(30-19-11-13-25-12-5-6-16-27(25)30)37-24-39-32-20-9-7-17-28(32)29-18-8-10-21-33(29)39/h2-23H,1,24H2/b37-34-. The molecule has 4 nitrogen and oxygen atoms in total. The highest BCUT2D eigenvalue weighted by atomic mass is 15.1. The average Bonchev–Trinajstić information content (AvgIpc) is 3.57. The number of rotatable bonds is 6. The number of fused-ring (bicyclic) bond motifs is 4. The van der Waals surface area contributed by atoms with Crippen molar-refractivity contribution in [2.45, 2.75) is 6.67 Å². The molecule has 0 fully saturated rings. The topological polar surface area (TPSA) is 34.6 Å². The van der Waals surface area contributed by atoms with Crippen LogP contribution in [0.5, 0.6) is 0 Å². The summed E-state index contributed by atoms with van der Waals surface area (Å²) in [5.74, 6) is 0.